The Morgan fingerprint density at radius 3 is 0.950 bits per heavy atom. The Balaban J connectivity index is 0.000000180. The summed E-state index contributed by atoms with van der Waals surface area (Å²) in [6.45, 7) is 46.0. The predicted octanol–water partition coefficient (Wildman–Crippen LogP) is 16.3. The average molecular weight is 1910 g/mol. The maximum atomic E-state index is 13.5. The molecule has 0 saturated carbocycles. The van der Waals surface area contributed by atoms with Crippen molar-refractivity contribution in [3.05, 3.63) is 276 Å². The molecule has 0 saturated heterocycles. The molecule has 5 unspecified atom stereocenters. The van der Waals surface area contributed by atoms with E-state index in [4.69, 9.17) is 42.6 Å². The van der Waals surface area contributed by atoms with Gasteiger partial charge in [0, 0.05) is 216 Å². The second kappa shape index (κ2) is 44.7. The lowest BCUT2D eigenvalue weighted by atomic mass is 9.75. The molecule has 0 radical (unpaired) electrons. The Kier molecular flexibility index (Phi) is 34.3. The third-order valence-electron chi connectivity index (χ3n) is 26.8. The number of rotatable bonds is 21. The third kappa shape index (κ3) is 20.9. The summed E-state index contributed by atoms with van der Waals surface area (Å²) >= 11 is 0. The van der Waals surface area contributed by atoms with E-state index in [1.54, 1.807) is 104 Å². The highest BCUT2D eigenvalue weighted by Crippen LogP contribution is 2.54. The van der Waals surface area contributed by atoms with Crippen LogP contribution in [0.4, 0.5) is 0 Å². The number of phenolic OH excluding ortho intramolecular Hbond substituents is 2. The number of ether oxygens (including phenoxy) is 9. The fourth-order valence-electron chi connectivity index (χ4n) is 19.3. The lowest BCUT2D eigenvalue weighted by Crippen LogP contribution is -2.45. The summed E-state index contributed by atoms with van der Waals surface area (Å²) in [6.07, 6.45) is 3.93. The number of carbonyl (C=O) groups is 10. The van der Waals surface area contributed by atoms with Gasteiger partial charge in [-0.15, -0.1) is 0 Å². The van der Waals surface area contributed by atoms with Gasteiger partial charge in [-0.2, -0.15) is 0 Å². The fourth-order valence-corrected chi connectivity index (χ4v) is 19.3. The number of nitrogens with zero attached hydrogens (tertiary/aromatic N) is 10. The molecular weight excluding hydrogens is 1770 g/mol. The van der Waals surface area contributed by atoms with Crippen LogP contribution in [0.1, 0.15) is 169 Å². The minimum atomic E-state index is -0.725. The number of hydrogen-bond acceptors (Lipinski definition) is 26. The standard InChI is InChI=1S/C27H28N2O4.C23H28N2O6.C22H26N2O5.C19H28N2O3.C17H24N2O3/c1-6-32-27(31)23-17(2)15-22-25(26(30)29(5)18(3)28(22)4)24(23)19-11-10-14-21(16-19)33-20-12-8-7-9-13-20;1-8-31-23(28)18-12(2)9-15-20(22(27)25(5)13(3)24(15)4)19(18)14-10-16(29-6)21(26)17(11-14)30-7;1-7-29-22(27)18-12(2)10-15-20(21(26)24(5)13(3)23(15)4)19(18)14-8-9-16(25)17(11-14)28-6;1-8-24-19(23)16-12(4)10-15-17(14(16)9-11(2)3)18(22)21(7)13(5)20(15)6;1-7-12-14(17(21)22-8-2)10(3)9-13-15(12)16(20)19(6)11(4)18(13)5/h7-14,16,24H,3,6,15H2,1-2,4-5H3;10-11,19,26H,3,8-9H2,1-2,4-7H3;8-9,11,19,25H,3,7,10H2,1-2,4-6H3;11,14H,5,8-10H2,1-4,6-7H3;12H,4,7-9H2,1-3,5-6H3. The number of methoxy groups -OCH3 is 3. The van der Waals surface area contributed by atoms with Crippen LogP contribution >= 0.6 is 0 Å². The highest BCUT2D eigenvalue weighted by Gasteiger charge is 2.50. The van der Waals surface area contributed by atoms with Crippen LogP contribution in [0.3, 0.4) is 0 Å². The number of amides is 5. The number of phenols is 2. The topological polar surface area (TPSA) is 327 Å². The highest BCUT2D eigenvalue weighted by atomic mass is 16.6. The summed E-state index contributed by atoms with van der Waals surface area (Å²) in [4.78, 5) is 147. The lowest BCUT2D eigenvalue weighted by Gasteiger charge is -2.43. The van der Waals surface area contributed by atoms with E-state index in [-0.39, 0.29) is 102 Å². The molecule has 0 spiro atoms. The van der Waals surface area contributed by atoms with Gasteiger partial charge >= 0.3 is 29.8 Å². The molecule has 5 heterocycles. The van der Waals surface area contributed by atoms with E-state index in [2.05, 4.69) is 46.7 Å². The third-order valence-corrected chi connectivity index (χ3v) is 26.8. The van der Waals surface area contributed by atoms with Gasteiger partial charge in [0.2, 0.25) is 5.75 Å². The van der Waals surface area contributed by atoms with Crippen LogP contribution in [0.5, 0.6) is 40.2 Å². The highest BCUT2D eigenvalue weighted by molar-refractivity contribution is 6.07. The van der Waals surface area contributed by atoms with E-state index in [0.717, 1.165) is 73.9 Å². The van der Waals surface area contributed by atoms with Crippen molar-refractivity contribution in [2.24, 2.45) is 17.8 Å². The molecule has 14 rings (SSSR count). The largest absolute Gasteiger partial charge is 0.504 e. The lowest BCUT2D eigenvalue weighted by molar-refractivity contribution is -0.140. The second-order valence-electron chi connectivity index (χ2n) is 35.6. The minimum absolute atomic E-state index is 0.0165. The van der Waals surface area contributed by atoms with Crippen LogP contribution in [0, 0.1) is 17.8 Å². The van der Waals surface area contributed by atoms with E-state index in [9.17, 15) is 58.2 Å². The molecule has 139 heavy (non-hydrogen) atoms. The SMILES string of the molecule is C=C1N(C)C(=O)C2=C(CC(C)=C(C(=O)OCC)C2CC(C)C)N1C.C=C1N(C)C(=O)C2=C(CC(C)=C(C(=O)OCC)C2CC)N1C.C=C1N(C)C(=O)C2=C(CC(C)=C(C(=O)OCC)C2c2cc(OC)c(O)c(OC)c2)N1C.C=C1N(C)C(=O)C2=C(CC(C)=C(C(=O)OCC)C2c2ccc(O)c(OC)c2)N1C.C=C1N(C)C(=O)C2=C(CC(C)=C(C(=O)OCC)C2c2cccc(Oc3ccccc3)c2)N1C. The fraction of sp³-hybridized carbons (Fsp3) is 0.407. The van der Waals surface area contributed by atoms with Gasteiger partial charge in [0.15, 0.2) is 23.0 Å². The first-order valence-corrected chi connectivity index (χ1v) is 46.4. The quantitative estimate of drug-likeness (QED) is 0.0578. The zero-order valence-corrected chi connectivity index (χ0v) is 85.2. The van der Waals surface area contributed by atoms with Gasteiger partial charge in [-0.25, -0.2) is 24.0 Å². The molecule has 5 aliphatic carbocycles. The Labute approximate surface area is 816 Å². The van der Waals surface area contributed by atoms with Crippen molar-refractivity contribution in [1.29, 1.82) is 0 Å². The number of benzene rings is 4. The maximum Gasteiger partial charge on any atom is 0.334 e. The molecule has 4 aromatic rings. The van der Waals surface area contributed by atoms with Crippen molar-refractivity contribution in [1.82, 2.24) is 49.0 Å². The molecule has 2 N–H and O–H groups in total. The molecule has 4 aromatic carbocycles. The normalized spacial score (nSPS) is 20.0. The van der Waals surface area contributed by atoms with Crippen LogP contribution in [-0.2, 0) is 71.6 Å². The number of allylic oxidation sites excluding steroid dienone is 5. The first kappa shape index (κ1) is 107. The van der Waals surface area contributed by atoms with Crippen LogP contribution in [-0.4, -0.2) is 243 Å². The van der Waals surface area contributed by atoms with Crippen LogP contribution in [0.15, 0.2) is 259 Å². The van der Waals surface area contributed by atoms with Crippen LogP contribution in [0.2, 0.25) is 0 Å². The second-order valence-corrected chi connectivity index (χ2v) is 35.6. The van der Waals surface area contributed by atoms with Crippen LogP contribution < -0.4 is 18.9 Å². The Hall–Kier alpha value is -14.5. The molecule has 0 bridgehead atoms. The number of esters is 5. The van der Waals surface area contributed by atoms with E-state index in [0.29, 0.717) is 160 Å². The van der Waals surface area contributed by atoms with Crippen molar-refractivity contribution >= 4 is 59.4 Å². The van der Waals surface area contributed by atoms with Gasteiger partial charge in [-0.1, -0.05) is 118 Å². The van der Waals surface area contributed by atoms with Gasteiger partial charge in [-0.05, 0) is 153 Å². The molecule has 5 amide bonds. The monoisotopic (exact) mass is 1910 g/mol. The minimum Gasteiger partial charge on any atom is -0.504 e. The first-order valence-electron chi connectivity index (χ1n) is 46.4. The summed E-state index contributed by atoms with van der Waals surface area (Å²) < 4.78 is 48.5. The first-order chi connectivity index (χ1) is 65.8. The summed E-state index contributed by atoms with van der Waals surface area (Å²) in [5.74, 6) is 0.123. The molecule has 0 aromatic heterocycles. The molecule has 5 atom stereocenters. The van der Waals surface area contributed by atoms with Gasteiger partial charge < -0.3 is 77.3 Å². The Bertz CT molecular complexity index is 6040. The van der Waals surface area contributed by atoms with Crippen molar-refractivity contribution in [3.63, 3.8) is 0 Å². The van der Waals surface area contributed by atoms with Gasteiger partial charge in [0.25, 0.3) is 29.5 Å². The molecule has 5 aliphatic heterocycles. The molecule has 10 aliphatic rings. The molecule has 31 nitrogen and oxygen atoms in total. The Morgan fingerprint density at radius 2 is 0.626 bits per heavy atom. The molecule has 742 valence electrons. The van der Waals surface area contributed by atoms with Crippen LogP contribution in [0.25, 0.3) is 0 Å². The zero-order valence-electron chi connectivity index (χ0n) is 85.2. The summed E-state index contributed by atoms with van der Waals surface area (Å²) in [5, 5.41) is 20.4. The van der Waals surface area contributed by atoms with Crippen molar-refractivity contribution < 1.29 is 101 Å². The number of para-hydroxylation sites is 1. The van der Waals surface area contributed by atoms with Gasteiger partial charge in [0.1, 0.15) is 40.6 Å². The number of carbonyl (C=O) groups excluding carboxylic acids is 10. The van der Waals surface area contributed by atoms with E-state index in [1.807, 2.05) is 156 Å². The molecule has 31 heteroatoms. The van der Waals surface area contributed by atoms with Crippen molar-refractivity contribution in [2.45, 2.75) is 153 Å². The molecule has 0 fully saturated rings. The van der Waals surface area contributed by atoms with Gasteiger partial charge in [-0.3, -0.25) is 48.5 Å². The number of hydrogen-bond donors (Lipinski definition) is 2. The summed E-state index contributed by atoms with van der Waals surface area (Å²) in [6, 6.07) is 25.1. The predicted molar refractivity (Wildman–Crippen MR) is 527 cm³/mol. The van der Waals surface area contributed by atoms with Gasteiger partial charge in [0.05, 0.1) is 54.4 Å². The number of aromatic hydroxyl groups is 2. The average Bonchev–Trinajstić information content (AvgIpc) is 0.764. The Morgan fingerprint density at radius 1 is 0.345 bits per heavy atom. The van der Waals surface area contributed by atoms with E-state index in [1.165, 1.54) is 42.1 Å². The molecular formula is C108H134N10O21. The number of likely N-dealkylation sites (N-methyl/N-ethyl adjacent to an activating group) is 5. The zero-order chi connectivity index (χ0) is 103. The summed E-state index contributed by atoms with van der Waals surface area (Å²) in [7, 11) is 22.2. The van der Waals surface area contributed by atoms with Crippen molar-refractivity contribution in [2.75, 3.05) is 125 Å². The maximum absolute atomic E-state index is 13.5. The summed E-state index contributed by atoms with van der Waals surface area (Å²) in [5.41, 5.74) is 16.4. The van der Waals surface area contributed by atoms with E-state index < -0.39 is 35.7 Å². The smallest absolute Gasteiger partial charge is 0.334 e. The van der Waals surface area contributed by atoms with E-state index >= 15 is 0 Å². The van der Waals surface area contributed by atoms with Crippen molar-refractivity contribution in [3.8, 4) is 40.2 Å².